The van der Waals surface area contributed by atoms with E-state index in [1.165, 1.54) is 6.07 Å². The van der Waals surface area contributed by atoms with E-state index in [9.17, 15) is 18.3 Å². The fourth-order valence-corrected chi connectivity index (χ4v) is 3.31. The number of hydrogen-bond acceptors (Lipinski definition) is 1. The summed E-state index contributed by atoms with van der Waals surface area (Å²) in [4.78, 5) is 0. The van der Waals surface area contributed by atoms with Crippen LogP contribution in [-0.4, -0.2) is 5.11 Å². The molecule has 0 fully saturated rings. The van der Waals surface area contributed by atoms with Crippen LogP contribution in [0.3, 0.4) is 0 Å². The van der Waals surface area contributed by atoms with Crippen molar-refractivity contribution in [3.8, 4) is 0 Å². The van der Waals surface area contributed by atoms with Crippen molar-refractivity contribution < 1.29 is 18.3 Å². The van der Waals surface area contributed by atoms with Gasteiger partial charge in [0.1, 0.15) is 0 Å². The molecule has 0 saturated heterocycles. The van der Waals surface area contributed by atoms with Gasteiger partial charge in [-0.1, -0.05) is 50.1 Å². The molecule has 21 heavy (non-hydrogen) atoms. The van der Waals surface area contributed by atoms with Crippen LogP contribution in [0.4, 0.5) is 13.2 Å². The molecule has 2 aromatic rings. The van der Waals surface area contributed by atoms with Gasteiger partial charge in [0, 0.05) is 15.4 Å². The molecule has 6 heteroatoms. The number of aliphatic hydroxyl groups is 1. The highest BCUT2D eigenvalue weighted by atomic mass is 79.9. The Morgan fingerprint density at radius 1 is 1.00 bits per heavy atom. The third-order valence-corrected chi connectivity index (χ3v) is 3.87. The molecule has 0 aliphatic carbocycles. The van der Waals surface area contributed by atoms with Gasteiger partial charge < -0.3 is 5.11 Å². The molecule has 2 aromatic carbocycles. The normalized spacial score (nSPS) is 13.2. The monoisotopic (exact) mass is 422 g/mol. The summed E-state index contributed by atoms with van der Waals surface area (Å²) in [6, 6.07) is 10.3. The Morgan fingerprint density at radius 3 is 2.19 bits per heavy atom. The van der Waals surface area contributed by atoms with Gasteiger partial charge in [0.15, 0.2) is 0 Å². The Hall–Kier alpha value is -0.850. The Labute approximate surface area is 137 Å². The highest BCUT2D eigenvalue weighted by Gasteiger charge is 2.30. The second-order valence-corrected chi connectivity index (χ2v) is 6.45. The van der Waals surface area contributed by atoms with Gasteiger partial charge in [0.25, 0.3) is 0 Å². The summed E-state index contributed by atoms with van der Waals surface area (Å²) >= 11 is 6.63. The number of alkyl halides is 3. The minimum Gasteiger partial charge on any atom is -0.388 e. The van der Waals surface area contributed by atoms with Gasteiger partial charge in [-0.05, 0) is 35.4 Å². The molecule has 1 unspecified atom stereocenters. The maximum atomic E-state index is 12.7. The summed E-state index contributed by atoms with van der Waals surface area (Å²) in [5.74, 6) is 0. The summed E-state index contributed by atoms with van der Waals surface area (Å²) in [6.07, 6.45) is -5.13. The Kier molecular flexibility index (Phi) is 5.11. The van der Waals surface area contributed by atoms with Gasteiger partial charge >= 0.3 is 6.18 Å². The third-order valence-electron chi connectivity index (χ3n) is 2.95. The molecule has 1 atom stereocenters. The smallest absolute Gasteiger partial charge is 0.388 e. The van der Waals surface area contributed by atoms with E-state index in [2.05, 4.69) is 31.9 Å². The lowest BCUT2D eigenvalue weighted by Gasteiger charge is -2.14. The van der Waals surface area contributed by atoms with Crippen molar-refractivity contribution >= 4 is 31.9 Å². The topological polar surface area (TPSA) is 20.2 Å². The molecule has 0 radical (unpaired) electrons. The third kappa shape index (κ3) is 4.56. The predicted octanol–water partition coefficient (Wildman–Crippen LogP) is 5.51. The lowest BCUT2D eigenvalue weighted by Crippen LogP contribution is -2.07. The first-order valence-corrected chi connectivity index (χ1v) is 7.64. The van der Waals surface area contributed by atoms with Crippen molar-refractivity contribution in [3.63, 3.8) is 0 Å². The molecule has 0 spiro atoms. The molecular formula is C15H11Br2F3O. The van der Waals surface area contributed by atoms with Crippen LogP contribution in [0.2, 0.25) is 0 Å². The van der Waals surface area contributed by atoms with Crippen molar-refractivity contribution in [1.29, 1.82) is 0 Å². The van der Waals surface area contributed by atoms with Crippen molar-refractivity contribution in [1.82, 2.24) is 0 Å². The zero-order valence-electron chi connectivity index (χ0n) is 10.7. The highest BCUT2D eigenvalue weighted by Crippen LogP contribution is 2.31. The maximum Gasteiger partial charge on any atom is 0.416 e. The van der Waals surface area contributed by atoms with Crippen LogP contribution < -0.4 is 0 Å². The maximum absolute atomic E-state index is 12.7. The summed E-state index contributed by atoms with van der Waals surface area (Å²) < 4.78 is 39.6. The summed E-state index contributed by atoms with van der Waals surface area (Å²) in [5.41, 5.74) is 0.365. The molecule has 0 heterocycles. The second kappa shape index (κ2) is 6.50. The van der Waals surface area contributed by atoms with Gasteiger partial charge in [-0.2, -0.15) is 13.2 Å². The molecule has 0 bridgehead atoms. The summed E-state index contributed by atoms with van der Waals surface area (Å²) in [7, 11) is 0. The van der Waals surface area contributed by atoms with Crippen LogP contribution in [0, 0.1) is 0 Å². The zero-order chi connectivity index (χ0) is 15.6. The molecule has 0 aliphatic heterocycles. The van der Waals surface area contributed by atoms with Gasteiger partial charge in [-0.25, -0.2) is 0 Å². The SMILES string of the molecule is OC(Cc1cccc(C(F)(F)F)c1)c1cc(Br)cc(Br)c1. The van der Waals surface area contributed by atoms with E-state index in [1.807, 2.05) is 6.07 Å². The van der Waals surface area contributed by atoms with Crippen molar-refractivity contribution in [2.75, 3.05) is 0 Å². The lowest BCUT2D eigenvalue weighted by molar-refractivity contribution is -0.137. The van der Waals surface area contributed by atoms with Crippen LogP contribution >= 0.6 is 31.9 Å². The molecule has 2 rings (SSSR count). The van der Waals surface area contributed by atoms with E-state index in [0.29, 0.717) is 11.1 Å². The number of rotatable bonds is 3. The average molecular weight is 424 g/mol. The van der Waals surface area contributed by atoms with E-state index in [-0.39, 0.29) is 6.42 Å². The van der Waals surface area contributed by atoms with Crippen molar-refractivity contribution in [2.24, 2.45) is 0 Å². The largest absolute Gasteiger partial charge is 0.416 e. The molecule has 0 aliphatic rings. The van der Waals surface area contributed by atoms with Gasteiger partial charge in [-0.15, -0.1) is 0 Å². The van der Waals surface area contributed by atoms with Gasteiger partial charge in [-0.3, -0.25) is 0 Å². The van der Waals surface area contributed by atoms with E-state index >= 15 is 0 Å². The van der Waals surface area contributed by atoms with Gasteiger partial charge in [0.05, 0.1) is 11.7 Å². The average Bonchev–Trinajstić information content (AvgIpc) is 2.37. The number of aliphatic hydroxyl groups excluding tert-OH is 1. The lowest BCUT2D eigenvalue weighted by atomic mass is 10.00. The molecule has 1 N–H and O–H groups in total. The Morgan fingerprint density at radius 2 is 1.62 bits per heavy atom. The van der Waals surface area contributed by atoms with Crippen molar-refractivity contribution in [3.05, 3.63) is 68.1 Å². The van der Waals surface area contributed by atoms with E-state index in [4.69, 9.17) is 0 Å². The zero-order valence-corrected chi connectivity index (χ0v) is 13.8. The summed E-state index contributed by atoms with van der Waals surface area (Å²) in [5, 5.41) is 10.2. The highest BCUT2D eigenvalue weighted by molar-refractivity contribution is 9.11. The van der Waals surface area contributed by atoms with Gasteiger partial charge in [0.2, 0.25) is 0 Å². The van der Waals surface area contributed by atoms with Crippen molar-refractivity contribution in [2.45, 2.75) is 18.7 Å². The molecule has 0 amide bonds. The first-order valence-electron chi connectivity index (χ1n) is 6.06. The second-order valence-electron chi connectivity index (χ2n) is 4.62. The summed E-state index contributed by atoms with van der Waals surface area (Å²) in [6.45, 7) is 0. The van der Waals surface area contributed by atoms with Crippen LogP contribution in [0.5, 0.6) is 0 Å². The quantitative estimate of drug-likeness (QED) is 0.690. The number of hydrogen-bond donors (Lipinski definition) is 1. The first kappa shape index (κ1) is 16.5. The van der Waals surface area contributed by atoms with E-state index in [1.54, 1.807) is 18.2 Å². The molecule has 1 nitrogen and oxygen atoms in total. The molecule has 112 valence electrons. The van der Waals surface area contributed by atoms with Crippen LogP contribution in [0.25, 0.3) is 0 Å². The molecule has 0 aromatic heterocycles. The fourth-order valence-electron chi connectivity index (χ4n) is 1.98. The minimum atomic E-state index is -4.38. The van der Waals surface area contributed by atoms with Crippen LogP contribution in [0.15, 0.2) is 51.4 Å². The Balaban J connectivity index is 2.21. The van der Waals surface area contributed by atoms with Crippen LogP contribution in [0.1, 0.15) is 22.8 Å². The standard InChI is InChI=1S/C15H11Br2F3O/c16-12-6-10(7-13(17)8-12)14(21)5-9-2-1-3-11(4-9)15(18,19)20/h1-4,6-8,14,21H,5H2. The first-order chi connectivity index (χ1) is 9.75. The van der Waals surface area contributed by atoms with E-state index < -0.39 is 17.8 Å². The molecule has 0 saturated carbocycles. The van der Waals surface area contributed by atoms with Crippen LogP contribution in [-0.2, 0) is 12.6 Å². The molecular weight excluding hydrogens is 413 g/mol. The number of halogens is 5. The van der Waals surface area contributed by atoms with E-state index in [0.717, 1.165) is 21.1 Å². The minimum absolute atomic E-state index is 0.118. The Bertz CT molecular complexity index is 621. The fraction of sp³-hybridized carbons (Fsp3) is 0.200. The predicted molar refractivity (Wildman–Crippen MR) is 81.9 cm³/mol. The number of benzene rings is 2.